The van der Waals surface area contributed by atoms with Crippen LogP contribution in [0, 0.1) is 5.92 Å². The lowest BCUT2D eigenvalue weighted by molar-refractivity contribution is -0.144. The third kappa shape index (κ3) is 5.98. The lowest BCUT2D eigenvalue weighted by Gasteiger charge is -2.22. The van der Waals surface area contributed by atoms with Gasteiger partial charge in [0.2, 0.25) is 5.91 Å². The molecule has 0 saturated heterocycles. The van der Waals surface area contributed by atoms with Gasteiger partial charge in [0, 0.05) is 18.3 Å². The number of urea groups is 1. The average Bonchev–Trinajstić information content (AvgIpc) is 2.52. The highest BCUT2D eigenvalue weighted by Gasteiger charge is 2.26. The van der Waals surface area contributed by atoms with Crippen LogP contribution >= 0.6 is 0 Å². The molecule has 0 saturated carbocycles. The molecule has 0 fully saturated rings. The van der Waals surface area contributed by atoms with Crippen molar-refractivity contribution >= 4 is 29.3 Å². The Labute approximate surface area is 135 Å². The Bertz CT molecular complexity index is 557. The van der Waals surface area contributed by atoms with Gasteiger partial charge in [-0.05, 0) is 30.2 Å². The van der Waals surface area contributed by atoms with Crippen molar-refractivity contribution in [1.29, 1.82) is 0 Å². The molecular formula is C16H23N3O4. The first-order valence-corrected chi connectivity index (χ1v) is 7.40. The number of methoxy groups -OCH3 is 1. The van der Waals surface area contributed by atoms with Crippen molar-refractivity contribution in [1.82, 2.24) is 5.32 Å². The van der Waals surface area contributed by atoms with Crippen LogP contribution < -0.4 is 16.0 Å². The monoisotopic (exact) mass is 321 g/mol. The normalized spacial score (nSPS) is 12.7. The van der Waals surface area contributed by atoms with Gasteiger partial charge in [-0.1, -0.05) is 20.3 Å². The number of ether oxygens (including phenoxy) is 1. The van der Waals surface area contributed by atoms with Gasteiger partial charge in [0.05, 0.1) is 7.11 Å². The van der Waals surface area contributed by atoms with Crippen molar-refractivity contribution in [3.05, 3.63) is 24.3 Å². The Morgan fingerprint density at radius 1 is 1.09 bits per heavy atom. The summed E-state index contributed by atoms with van der Waals surface area (Å²) in [5.74, 6) is -0.691. The number of anilines is 2. The fourth-order valence-electron chi connectivity index (χ4n) is 1.94. The van der Waals surface area contributed by atoms with Crippen molar-refractivity contribution < 1.29 is 19.1 Å². The van der Waals surface area contributed by atoms with E-state index in [2.05, 4.69) is 16.0 Å². The smallest absolute Gasteiger partial charge is 0.328 e. The average molecular weight is 321 g/mol. The molecule has 0 aliphatic rings. The van der Waals surface area contributed by atoms with Crippen LogP contribution in [0.4, 0.5) is 16.2 Å². The Hall–Kier alpha value is -2.57. The number of carbonyl (C=O) groups is 3. The van der Waals surface area contributed by atoms with E-state index in [0.717, 1.165) is 6.42 Å². The van der Waals surface area contributed by atoms with E-state index in [9.17, 15) is 14.4 Å². The van der Waals surface area contributed by atoms with E-state index in [-0.39, 0.29) is 11.8 Å². The van der Waals surface area contributed by atoms with E-state index in [1.165, 1.54) is 14.0 Å². The fraction of sp³-hybridized carbons (Fsp3) is 0.438. The number of hydrogen-bond donors (Lipinski definition) is 3. The van der Waals surface area contributed by atoms with E-state index >= 15 is 0 Å². The zero-order valence-corrected chi connectivity index (χ0v) is 13.8. The second-order valence-corrected chi connectivity index (χ2v) is 5.24. The molecule has 1 aromatic carbocycles. The highest BCUT2D eigenvalue weighted by Crippen LogP contribution is 2.14. The van der Waals surface area contributed by atoms with Crippen LogP contribution in [0.25, 0.3) is 0 Å². The van der Waals surface area contributed by atoms with E-state index in [1.807, 2.05) is 13.8 Å². The Kier molecular flexibility index (Phi) is 7.05. The van der Waals surface area contributed by atoms with Crippen LogP contribution in [-0.4, -0.2) is 31.1 Å². The maximum atomic E-state index is 12.0. The lowest BCUT2D eigenvalue weighted by atomic mass is 9.99. The van der Waals surface area contributed by atoms with Gasteiger partial charge in [0.1, 0.15) is 6.04 Å². The number of benzene rings is 1. The number of rotatable bonds is 6. The van der Waals surface area contributed by atoms with Crippen LogP contribution in [0.5, 0.6) is 0 Å². The van der Waals surface area contributed by atoms with Crippen molar-refractivity contribution in [3.8, 4) is 0 Å². The minimum absolute atomic E-state index is 0.0460. The SMILES string of the molecule is CC[C@@H](C)[C@H](NC(=O)Nc1ccc(NC(C)=O)cc1)C(=O)OC. The summed E-state index contributed by atoms with van der Waals surface area (Å²) in [5.41, 5.74) is 1.18. The maximum Gasteiger partial charge on any atom is 0.328 e. The summed E-state index contributed by atoms with van der Waals surface area (Å²) >= 11 is 0. The van der Waals surface area contributed by atoms with Gasteiger partial charge in [-0.2, -0.15) is 0 Å². The summed E-state index contributed by atoms with van der Waals surface area (Å²) in [6.45, 7) is 5.21. The Morgan fingerprint density at radius 2 is 1.61 bits per heavy atom. The summed E-state index contributed by atoms with van der Waals surface area (Å²) < 4.78 is 4.72. The van der Waals surface area contributed by atoms with E-state index in [4.69, 9.17) is 4.74 Å². The molecule has 1 aromatic rings. The molecule has 0 radical (unpaired) electrons. The number of nitrogens with one attached hydrogen (secondary N) is 3. The predicted octanol–water partition coefficient (Wildman–Crippen LogP) is 2.35. The first-order valence-electron chi connectivity index (χ1n) is 7.40. The van der Waals surface area contributed by atoms with Crippen LogP contribution in [0.2, 0.25) is 0 Å². The highest BCUT2D eigenvalue weighted by atomic mass is 16.5. The third-order valence-corrected chi connectivity index (χ3v) is 3.42. The molecule has 126 valence electrons. The van der Waals surface area contributed by atoms with Gasteiger partial charge in [-0.25, -0.2) is 9.59 Å². The standard InChI is InChI=1S/C16H23N3O4/c1-5-10(2)14(15(21)23-4)19-16(22)18-13-8-6-12(7-9-13)17-11(3)20/h6-10,14H,5H2,1-4H3,(H,17,20)(H2,18,19,22)/t10-,14+/m1/s1. The zero-order valence-electron chi connectivity index (χ0n) is 13.8. The largest absolute Gasteiger partial charge is 0.467 e. The molecule has 0 aromatic heterocycles. The third-order valence-electron chi connectivity index (χ3n) is 3.42. The first-order chi connectivity index (χ1) is 10.9. The van der Waals surface area contributed by atoms with Crippen molar-refractivity contribution in [2.75, 3.05) is 17.7 Å². The summed E-state index contributed by atoms with van der Waals surface area (Å²) in [5, 5.41) is 7.89. The summed E-state index contributed by atoms with van der Waals surface area (Å²) in [6.07, 6.45) is 0.728. The molecule has 7 heteroatoms. The van der Waals surface area contributed by atoms with Crippen molar-refractivity contribution in [2.24, 2.45) is 5.92 Å². The lowest BCUT2D eigenvalue weighted by Crippen LogP contribution is -2.47. The number of hydrogen-bond acceptors (Lipinski definition) is 4. The highest BCUT2D eigenvalue weighted by molar-refractivity contribution is 5.93. The summed E-state index contributed by atoms with van der Waals surface area (Å²) in [7, 11) is 1.29. The quantitative estimate of drug-likeness (QED) is 0.701. The molecule has 1 rings (SSSR count). The fourth-order valence-corrected chi connectivity index (χ4v) is 1.94. The molecule has 3 amide bonds. The number of esters is 1. The zero-order chi connectivity index (χ0) is 17.4. The molecule has 2 atom stereocenters. The van der Waals surface area contributed by atoms with Crippen molar-refractivity contribution in [2.45, 2.75) is 33.2 Å². The molecule has 3 N–H and O–H groups in total. The molecule has 0 heterocycles. The molecule has 0 bridgehead atoms. The van der Waals surface area contributed by atoms with Crippen LogP contribution in [0.3, 0.4) is 0 Å². The molecule has 7 nitrogen and oxygen atoms in total. The van der Waals surface area contributed by atoms with Crippen LogP contribution in [-0.2, 0) is 14.3 Å². The van der Waals surface area contributed by atoms with E-state index < -0.39 is 18.0 Å². The first kappa shape index (κ1) is 18.5. The summed E-state index contributed by atoms with van der Waals surface area (Å²) in [4.78, 5) is 34.7. The predicted molar refractivity (Wildman–Crippen MR) is 88.2 cm³/mol. The van der Waals surface area contributed by atoms with Crippen LogP contribution in [0.1, 0.15) is 27.2 Å². The minimum atomic E-state index is -0.705. The molecular weight excluding hydrogens is 298 g/mol. The van der Waals surface area contributed by atoms with Gasteiger partial charge in [-0.3, -0.25) is 4.79 Å². The van der Waals surface area contributed by atoms with E-state index in [0.29, 0.717) is 11.4 Å². The Morgan fingerprint density at radius 3 is 2.04 bits per heavy atom. The topological polar surface area (TPSA) is 96.5 Å². The molecule has 23 heavy (non-hydrogen) atoms. The van der Waals surface area contributed by atoms with Gasteiger partial charge < -0.3 is 20.7 Å². The van der Waals surface area contributed by atoms with Crippen LogP contribution in [0.15, 0.2) is 24.3 Å². The molecule has 0 aliphatic heterocycles. The molecule has 0 spiro atoms. The van der Waals surface area contributed by atoms with Gasteiger partial charge in [0.25, 0.3) is 0 Å². The minimum Gasteiger partial charge on any atom is -0.467 e. The van der Waals surface area contributed by atoms with Gasteiger partial charge >= 0.3 is 12.0 Å². The number of amides is 3. The molecule has 0 aliphatic carbocycles. The van der Waals surface area contributed by atoms with Gasteiger partial charge in [0.15, 0.2) is 0 Å². The van der Waals surface area contributed by atoms with Gasteiger partial charge in [-0.15, -0.1) is 0 Å². The molecule has 0 unspecified atom stereocenters. The summed E-state index contributed by atoms with van der Waals surface area (Å²) in [6, 6.07) is 5.45. The van der Waals surface area contributed by atoms with Crippen molar-refractivity contribution in [3.63, 3.8) is 0 Å². The second kappa shape index (κ2) is 8.77. The Balaban J connectivity index is 2.67. The van der Waals surface area contributed by atoms with E-state index in [1.54, 1.807) is 24.3 Å². The maximum absolute atomic E-state index is 12.0. The second-order valence-electron chi connectivity index (χ2n) is 5.24. The number of carbonyl (C=O) groups excluding carboxylic acids is 3.